The van der Waals surface area contributed by atoms with Crippen LogP contribution in [-0.4, -0.2) is 22.5 Å². The fourth-order valence-electron chi connectivity index (χ4n) is 3.07. The summed E-state index contributed by atoms with van der Waals surface area (Å²) in [6, 6.07) is 11.2. The van der Waals surface area contributed by atoms with Crippen LogP contribution in [0.4, 0.5) is 0 Å². The quantitative estimate of drug-likeness (QED) is 0.821. The van der Waals surface area contributed by atoms with E-state index < -0.39 is 12.1 Å². The number of aromatic nitrogens is 1. The van der Waals surface area contributed by atoms with Crippen molar-refractivity contribution in [2.24, 2.45) is 0 Å². The predicted octanol–water partition coefficient (Wildman–Crippen LogP) is 3.30. The molecule has 1 heterocycles. The van der Waals surface area contributed by atoms with Crippen molar-refractivity contribution < 1.29 is 14.3 Å². The van der Waals surface area contributed by atoms with Crippen LogP contribution in [0.2, 0.25) is 0 Å². The number of hydrogen-bond acceptors (Lipinski definition) is 3. The zero-order valence-corrected chi connectivity index (χ0v) is 14.9. The lowest BCUT2D eigenvalue weighted by Crippen LogP contribution is -2.33. The topological polar surface area (TPSA) is 60.3 Å². The third kappa shape index (κ3) is 3.76. The van der Waals surface area contributed by atoms with E-state index in [-0.39, 0.29) is 11.9 Å². The van der Waals surface area contributed by atoms with Crippen LogP contribution < -0.4 is 5.32 Å². The highest BCUT2D eigenvalue weighted by Crippen LogP contribution is 2.25. The molecule has 0 unspecified atom stereocenters. The summed E-state index contributed by atoms with van der Waals surface area (Å²) in [4.78, 5) is 25.3. The number of amides is 1. The summed E-state index contributed by atoms with van der Waals surface area (Å²) in [7, 11) is 0. The van der Waals surface area contributed by atoms with Gasteiger partial charge in [0.15, 0.2) is 0 Å². The maximum Gasteiger partial charge on any atom is 0.341 e. The molecular weight excluding hydrogens is 316 g/mol. The van der Waals surface area contributed by atoms with Gasteiger partial charge < -0.3 is 14.6 Å². The summed E-state index contributed by atoms with van der Waals surface area (Å²) in [6.45, 7) is 6.68. The summed E-state index contributed by atoms with van der Waals surface area (Å²) in [5.41, 5.74) is 3.06. The van der Waals surface area contributed by atoms with Crippen molar-refractivity contribution in [2.75, 3.05) is 0 Å². The highest BCUT2D eigenvalue weighted by atomic mass is 16.5. The molecule has 1 N–H and O–H groups in total. The van der Waals surface area contributed by atoms with E-state index in [1.165, 1.54) is 0 Å². The van der Waals surface area contributed by atoms with Gasteiger partial charge in [-0.1, -0.05) is 30.3 Å². The molecule has 1 amide bonds. The molecular formula is C20H24N2O3. The average molecular weight is 340 g/mol. The van der Waals surface area contributed by atoms with Gasteiger partial charge in [0.05, 0.1) is 5.56 Å². The van der Waals surface area contributed by atoms with Gasteiger partial charge in [-0.25, -0.2) is 4.79 Å². The van der Waals surface area contributed by atoms with Crippen LogP contribution in [0.3, 0.4) is 0 Å². The monoisotopic (exact) mass is 340 g/mol. The summed E-state index contributed by atoms with van der Waals surface area (Å²) < 4.78 is 7.70. The number of nitrogens with one attached hydrogen (secondary N) is 1. The molecule has 0 radical (unpaired) electrons. The zero-order valence-electron chi connectivity index (χ0n) is 14.9. The molecule has 3 rings (SSSR count). The van der Waals surface area contributed by atoms with Crippen LogP contribution in [0, 0.1) is 13.8 Å². The first-order chi connectivity index (χ1) is 12.0. The lowest BCUT2D eigenvalue weighted by atomic mass is 10.1. The van der Waals surface area contributed by atoms with Crippen molar-refractivity contribution in [3.8, 4) is 0 Å². The molecule has 0 saturated heterocycles. The Morgan fingerprint density at radius 2 is 1.92 bits per heavy atom. The van der Waals surface area contributed by atoms with Crippen LogP contribution in [0.25, 0.3) is 0 Å². The van der Waals surface area contributed by atoms with Gasteiger partial charge in [-0.05, 0) is 39.7 Å². The van der Waals surface area contributed by atoms with Crippen LogP contribution >= 0.6 is 0 Å². The van der Waals surface area contributed by atoms with Gasteiger partial charge in [0, 0.05) is 29.5 Å². The molecule has 1 atom stereocenters. The highest BCUT2D eigenvalue weighted by Gasteiger charge is 2.31. The summed E-state index contributed by atoms with van der Waals surface area (Å²) in [5.74, 6) is -0.723. The Bertz CT molecular complexity index is 776. The molecule has 2 aromatic rings. The number of aryl methyl sites for hydroxylation is 1. The zero-order chi connectivity index (χ0) is 18.0. The van der Waals surface area contributed by atoms with Crippen molar-refractivity contribution in [2.45, 2.75) is 52.3 Å². The Morgan fingerprint density at radius 3 is 2.48 bits per heavy atom. The number of carbonyl (C=O) groups is 2. The first kappa shape index (κ1) is 17.3. The van der Waals surface area contributed by atoms with E-state index >= 15 is 0 Å². The van der Waals surface area contributed by atoms with E-state index in [0.29, 0.717) is 11.1 Å². The molecule has 1 aliphatic carbocycles. The summed E-state index contributed by atoms with van der Waals surface area (Å²) in [5, 5.41) is 2.93. The number of hydrogen-bond donors (Lipinski definition) is 1. The minimum Gasteiger partial charge on any atom is -0.444 e. The summed E-state index contributed by atoms with van der Waals surface area (Å²) in [6.07, 6.45) is 1.04. The molecule has 1 aromatic carbocycles. The fourth-order valence-corrected chi connectivity index (χ4v) is 3.07. The lowest BCUT2D eigenvalue weighted by Gasteiger charge is -2.18. The van der Waals surface area contributed by atoms with Gasteiger partial charge >= 0.3 is 5.97 Å². The number of esters is 1. The van der Waals surface area contributed by atoms with Gasteiger partial charge in [-0.2, -0.15) is 0 Å². The Hall–Kier alpha value is -2.56. The molecule has 0 aliphatic heterocycles. The number of benzene rings is 1. The second kappa shape index (κ2) is 7.13. The van der Waals surface area contributed by atoms with Crippen LogP contribution in [0.15, 0.2) is 36.4 Å². The van der Waals surface area contributed by atoms with Crippen LogP contribution in [0.1, 0.15) is 53.2 Å². The lowest BCUT2D eigenvalue weighted by molar-refractivity contribution is -0.130. The first-order valence-corrected chi connectivity index (χ1v) is 8.74. The van der Waals surface area contributed by atoms with E-state index in [4.69, 9.17) is 4.74 Å². The van der Waals surface area contributed by atoms with Crippen molar-refractivity contribution in [3.05, 3.63) is 58.9 Å². The Kier molecular flexibility index (Phi) is 4.93. The normalized spacial score (nSPS) is 14.8. The third-order valence-corrected chi connectivity index (χ3v) is 4.60. The smallest absolute Gasteiger partial charge is 0.341 e. The highest BCUT2D eigenvalue weighted by molar-refractivity contribution is 5.94. The van der Waals surface area contributed by atoms with Crippen molar-refractivity contribution in [3.63, 3.8) is 0 Å². The first-order valence-electron chi connectivity index (χ1n) is 8.74. The molecule has 1 aromatic heterocycles. The second-order valence-corrected chi connectivity index (χ2v) is 6.51. The maximum atomic E-state index is 12.7. The minimum atomic E-state index is -0.931. The van der Waals surface area contributed by atoms with E-state index in [1.807, 2.05) is 45.0 Å². The molecule has 132 valence electrons. The van der Waals surface area contributed by atoms with Crippen molar-refractivity contribution in [1.82, 2.24) is 9.88 Å². The SMILES string of the molecule is CCn1c(C)cc(C(=O)O[C@@H](C(=O)NC2CC2)c2ccccc2)c1C. The average Bonchev–Trinajstić information content (AvgIpc) is 3.37. The Labute approximate surface area is 148 Å². The van der Waals surface area contributed by atoms with E-state index in [1.54, 1.807) is 12.1 Å². The molecule has 5 nitrogen and oxygen atoms in total. The fraction of sp³-hybridized carbons (Fsp3) is 0.400. The van der Waals surface area contributed by atoms with Gasteiger partial charge in [-0.15, -0.1) is 0 Å². The largest absolute Gasteiger partial charge is 0.444 e. The third-order valence-electron chi connectivity index (χ3n) is 4.60. The van der Waals surface area contributed by atoms with Crippen LogP contribution in [0.5, 0.6) is 0 Å². The van der Waals surface area contributed by atoms with Gasteiger partial charge in [-0.3, -0.25) is 4.79 Å². The molecule has 0 spiro atoms. The van der Waals surface area contributed by atoms with E-state index in [9.17, 15) is 9.59 Å². The number of nitrogens with zero attached hydrogens (tertiary/aromatic N) is 1. The number of ether oxygens (including phenoxy) is 1. The van der Waals surface area contributed by atoms with Gasteiger partial charge in [0.1, 0.15) is 0 Å². The van der Waals surface area contributed by atoms with E-state index in [0.717, 1.165) is 30.8 Å². The van der Waals surface area contributed by atoms with Crippen molar-refractivity contribution >= 4 is 11.9 Å². The van der Waals surface area contributed by atoms with E-state index in [2.05, 4.69) is 9.88 Å². The van der Waals surface area contributed by atoms with Gasteiger partial charge in [0.2, 0.25) is 6.10 Å². The van der Waals surface area contributed by atoms with Gasteiger partial charge in [0.25, 0.3) is 5.91 Å². The number of carbonyl (C=O) groups excluding carboxylic acids is 2. The maximum absolute atomic E-state index is 12.7. The van der Waals surface area contributed by atoms with Crippen LogP contribution in [-0.2, 0) is 16.1 Å². The Morgan fingerprint density at radius 1 is 1.24 bits per heavy atom. The van der Waals surface area contributed by atoms with Crippen molar-refractivity contribution in [1.29, 1.82) is 0 Å². The molecule has 1 fully saturated rings. The Balaban J connectivity index is 1.84. The number of rotatable bonds is 6. The molecule has 0 bridgehead atoms. The summed E-state index contributed by atoms with van der Waals surface area (Å²) >= 11 is 0. The molecule has 1 saturated carbocycles. The molecule has 25 heavy (non-hydrogen) atoms. The second-order valence-electron chi connectivity index (χ2n) is 6.51. The predicted molar refractivity (Wildman–Crippen MR) is 95.3 cm³/mol. The molecule has 1 aliphatic rings. The molecule has 5 heteroatoms. The minimum absolute atomic E-state index is 0.211. The standard InChI is InChI=1S/C20H24N2O3/c1-4-22-13(2)12-17(14(22)3)20(24)25-18(15-8-6-5-7-9-15)19(23)21-16-10-11-16/h5-9,12,16,18H,4,10-11H2,1-3H3,(H,21,23)/t18-/m1/s1.